The Morgan fingerprint density at radius 1 is 1.35 bits per heavy atom. The fourth-order valence-electron chi connectivity index (χ4n) is 1.40. The number of amides is 2. The first kappa shape index (κ1) is 11.9. The molecular formula is C12H13ClN2O2. The van der Waals surface area contributed by atoms with E-state index in [2.05, 4.69) is 10.6 Å². The predicted molar refractivity (Wildman–Crippen MR) is 64.9 cm³/mol. The topological polar surface area (TPSA) is 58.2 Å². The third-order valence-corrected chi connectivity index (χ3v) is 2.67. The molecule has 1 saturated carbocycles. The van der Waals surface area contributed by atoms with Gasteiger partial charge in [-0.2, -0.15) is 0 Å². The molecule has 4 nitrogen and oxygen atoms in total. The highest BCUT2D eigenvalue weighted by molar-refractivity contribution is 6.30. The number of rotatable bonds is 4. The lowest BCUT2D eigenvalue weighted by atomic mass is 10.2. The van der Waals surface area contributed by atoms with Crippen molar-refractivity contribution in [2.75, 3.05) is 6.54 Å². The molecule has 1 aromatic rings. The van der Waals surface area contributed by atoms with E-state index in [0.29, 0.717) is 16.6 Å². The summed E-state index contributed by atoms with van der Waals surface area (Å²) in [5.74, 6) is -0.443. The van der Waals surface area contributed by atoms with Gasteiger partial charge in [0.15, 0.2) is 0 Å². The number of halogens is 1. The molecule has 17 heavy (non-hydrogen) atoms. The Balaban J connectivity index is 1.82. The quantitative estimate of drug-likeness (QED) is 0.850. The van der Waals surface area contributed by atoms with Crippen LogP contribution in [0, 0.1) is 0 Å². The lowest BCUT2D eigenvalue weighted by Gasteiger charge is -2.06. The van der Waals surface area contributed by atoms with Gasteiger partial charge in [0.05, 0.1) is 6.54 Å². The first-order valence-electron chi connectivity index (χ1n) is 5.48. The molecule has 0 aromatic heterocycles. The number of hydrogen-bond acceptors (Lipinski definition) is 2. The summed E-state index contributed by atoms with van der Waals surface area (Å²) in [4.78, 5) is 23.0. The molecule has 0 saturated heterocycles. The van der Waals surface area contributed by atoms with Gasteiger partial charge in [-0.1, -0.05) is 17.7 Å². The highest BCUT2D eigenvalue weighted by atomic mass is 35.5. The van der Waals surface area contributed by atoms with Gasteiger partial charge >= 0.3 is 0 Å². The lowest BCUT2D eigenvalue weighted by Crippen LogP contribution is -2.37. The summed E-state index contributed by atoms with van der Waals surface area (Å²) in [6.45, 7) is 0.00183. The Morgan fingerprint density at radius 3 is 2.76 bits per heavy atom. The second-order valence-corrected chi connectivity index (χ2v) is 4.47. The molecule has 0 radical (unpaired) electrons. The van der Waals surface area contributed by atoms with Crippen molar-refractivity contribution in [2.24, 2.45) is 0 Å². The Kier molecular flexibility index (Phi) is 3.64. The lowest BCUT2D eigenvalue weighted by molar-refractivity contribution is -0.120. The summed E-state index contributed by atoms with van der Waals surface area (Å²) in [7, 11) is 0. The number of benzene rings is 1. The molecule has 1 aliphatic carbocycles. The number of nitrogens with one attached hydrogen (secondary N) is 2. The fraction of sp³-hybridized carbons (Fsp3) is 0.333. The molecule has 0 atom stereocenters. The van der Waals surface area contributed by atoms with Crippen LogP contribution in [0.4, 0.5) is 0 Å². The van der Waals surface area contributed by atoms with Gasteiger partial charge in [0.2, 0.25) is 5.91 Å². The van der Waals surface area contributed by atoms with Crippen molar-refractivity contribution in [1.29, 1.82) is 0 Å². The van der Waals surface area contributed by atoms with E-state index in [1.165, 1.54) is 0 Å². The smallest absolute Gasteiger partial charge is 0.251 e. The Hall–Kier alpha value is -1.55. The Bertz CT molecular complexity index is 444. The monoisotopic (exact) mass is 252 g/mol. The van der Waals surface area contributed by atoms with Crippen molar-refractivity contribution in [2.45, 2.75) is 18.9 Å². The molecular weight excluding hydrogens is 240 g/mol. The molecule has 0 heterocycles. The molecule has 1 aromatic carbocycles. The maximum Gasteiger partial charge on any atom is 0.251 e. The summed E-state index contributed by atoms with van der Waals surface area (Å²) in [6, 6.07) is 6.92. The van der Waals surface area contributed by atoms with Gasteiger partial charge in [0.1, 0.15) is 0 Å². The third kappa shape index (κ3) is 3.75. The zero-order valence-electron chi connectivity index (χ0n) is 9.20. The van der Waals surface area contributed by atoms with Crippen molar-refractivity contribution in [1.82, 2.24) is 10.6 Å². The molecule has 0 unspecified atom stereocenters. The van der Waals surface area contributed by atoms with Crippen molar-refractivity contribution < 1.29 is 9.59 Å². The molecule has 90 valence electrons. The van der Waals surface area contributed by atoms with Crippen LogP contribution in [0.25, 0.3) is 0 Å². The van der Waals surface area contributed by atoms with Gasteiger partial charge in [-0.15, -0.1) is 0 Å². The predicted octanol–water partition coefficient (Wildman–Crippen LogP) is 1.35. The standard InChI is InChI=1S/C12H13ClN2O2/c13-9-3-1-2-8(6-9)12(17)14-7-11(16)15-10-4-5-10/h1-3,6,10H,4-5,7H2,(H,14,17)(H,15,16). The van der Waals surface area contributed by atoms with Gasteiger partial charge in [0.25, 0.3) is 5.91 Å². The van der Waals surface area contributed by atoms with Crippen LogP contribution in [0.3, 0.4) is 0 Å². The van der Waals surface area contributed by atoms with Gasteiger partial charge in [-0.05, 0) is 31.0 Å². The molecule has 0 bridgehead atoms. The first-order valence-corrected chi connectivity index (χ1v) is 5.86. The van der Waals surface area contributed by atoms with E-state index >= 15 is 0 Å². The minimum absolute atomic E-state index is 0.00183. The number of hydrogen-bond donors (Lipinski definition) is 2. The molecule has 2 rings (SSSR count). The average molecular weight is 253 g/mol. The van der Waals surface area contributed by atoms with E-state index in [9.17, 15) is 9.59 Å². The molecule has 0 spiro atoms. The fourth-order valence-corrected chi connectivity index (χ4v) is 1.59. The van der Waals surface area contributed by atoms with E-state index in [-0.39, 0.29) is 18.4 Å². The molecule has 2 N–H and O–H groups in total. The van der Waals surface area contributed by atoms with Crippen LogP contribution in [-0.4, -0.2) is 24.4 Å². The van der Waals surface area contributed by atoms with Gasteiger partial charge < -0.3 is 10.6 Å². The second-order valence-electron chi connectivity index (χ2n) is 4.03. The molecule has 1 fully saturated rings. The zero-order chi connectivity index (χ0) is 12.3. The summed E-state index contributed by atoms with van der Waals surface area (Å²) in [5, 5.41) is 5.84. The maximum atomic E-state index is 11.7. The molecule has 1 aliphatic rings. The number of carbonyl (C=O) groups is 2. The van der Waals surface area contributed by atoms with E-state index < -0.39 is 0 Å². The molecule has 5 heteroatoms. The SMILES string of the molecule is O=C(CNC(=O)c1cccc(Cl)c1)NC1CC1. The largest absolute Gasteiger partial charge is 0.352 e. The van der Waals surface area contributed by atoms with Gasteiger partial charge in [-0.3, -0.25) is 9.59 Å². The highest BCUT2D eigenvalue weighted by Gasteiger charge is 2.23. The second kappa shape index (κ2) is 5.19. The highest BCUT2D eigenvalue weighted by Crippen LogP contribution is 2.18. The maximum absolute atomic E-state index is 11.7. The van der Waals surface area contributed by atoms with E-state index in [1.807, 2.05) is 0 Å². The van der Waals surface area contributed by atoms with Crippen molar-refractivity contribution in [3.05, 3.63) is 34.9 Å². The normalized spacial score (nSPS) is 14.2. The van der Waals surface area contributed by atoms with E-state index in [4.69, 9.17) is 11.6 Å². The number of carbonyl (C=O) groups excluding carboxylic acids is 2. The van der Waals surface area contributed by atoms with Crippen LogP contribution in [0.1, 0.15) is 23.2 Å². The van der Waals surface area contributed by atoms with E-state index in [0.717, 1.165) is 12.8 Å². The summed E-state index contributed by atoms with van der Waals surface area (Å²) < 4.78 is 0. The van der Waals surface area contributed by atoms with Gasteiger partial charge in [0, 0.05) is 16.6 Å². The van der Waals surface area contributed by atoms with Crippen LogP contribution < -0.4 is 10.6 Å². The van der Waals surface area contributed by atoms with E-state index in [1.54, 1.807) is 24.3 Å². The zero-order valence-corrected chi connectivity index (χ0v) is 9.96. The van der Waals surface area contributed by atoms with Gasteiger partial charge in [-0.25, -0.2) is 0 Å². The summed E-state index contributed by atoms with van der Waals surface area (Å²) >= 11 is 5.77. The van der Waals surface area contributed by atoms with Crippen LogP contribution in [0.15, 0.2) is 24.3 Å². The summed E-state index contributed by atoms with van der Waals surface area (Å²) in [6.07, 6.45) is 2.07. The third-order valence-electron chi connectivity index (χ3n) is 2.44. The van der Waals surface area contributed by atoms with Crippen LogP contribution in [0.2, 0.25) is 5.02 Å². The van der Waals surface area contributed by atoms with Crippen LogP contribution in [0.5, 0.6) is 0 Å². The van der Waals surface area contributed by atoms with Crippen molar-refractivity contribution in [3.63, 3.8) is 0 Å². The van der Waals surface area contributed by atoms with Crippen molar-refractivity contribution >= 4 is 23.4 Å². The first-order chi connectivity index (χ1) is 8.15. The van der Waals surface area contributed by atoms with Crippen LogP contribution in [-0.2, 0) is 4.79 Å². The van der Waals surface area contributed by atoms with Crippen molar-refractivity contribution in [3.8, 4) is 0 Å². The Morgan fingerprint density at radius 2 is 2.12 bits per heavy atom. The average Bonchev–Trinajstić information content (AvgIpc) is 3.10. The minimum atomic E-state index is -0.293. The Labute approximate surface area is 104 Å². The minimum Gasteiger partial charge on any atom is -0.352 e. The molecule has 2 amide bonds. The van der Waals surface area contributed by atoms with Crippen LogP contribution >= 0.6 is 11.6 Å². The summed E-state index contributed by atoms with van der Waals surface area (Å²) in [5.41, 5.74) is 0.455. The molecule has 0 aliphatic heterocycles.